The van der Waals surface area contributed by atoms with E-state index in [1.807, 2.05) is 0 Å². The molecule has 0 fully saturated rings. The molecule has 2 heterocycles. The Morgan fingerprint density at radius 3 is 2.65 bits per heavy atom. The molecule has 0 bridgehead atoms. The van der Waals surface area contributed by atoms with Crippen LogP contribution in [0.5, 0.6) is 0 Å². The van der Waals surface area contributed by atoms with Crippen LogP contribution in [-0.4, -0.2) is 17.1 Å². The Balaban J connectivity index is 1.97. The maximum Gasteiger partial charge on any atom is 0.338 e. The first kappa shape index (κ1) is 21.2. The summed E-state index contributed by atoms with van der Waals surface area (Å²) in [5.41, 5.74) is 1.39. The number of fused-ring (bicyclic) bond motifs is 1. The number of nitrogens with zero attached hydrogens (tertiary/aromatic N) is 2. The Labute approximate surface area is 186 Å². The Morgan fingerprint density at radius 1 is 1.26 bits per heavy atom. The third-order valence-electron chi connectivity index (χ3n) is 4.89. The molecule has 5 nitrogen and oxygen atoms in total. The highest BCUT2D eigenvalue weighted by molar-refractivity contribution is 7.07. The van der Waals surface area contributed by atoms with Crippen molar-refractivity contribution >= 4 is 35.0 Å². The van der Waals surface area contributed by atoms with E-state index in [1.165, 1.54) is 16.7 Å². The largest absolute Gasteiger partial charge is 0.463 e. The molecule has 0 N–H and O–H groups in total. The van der Waals surface area contributed by atoms with E-state index in [9.17, 15) is 14.0 Å². The monoisotopic (exact) mass is 456 g/mol. The molecule has 0 radical (unpaired) electrons. The van der Waals surface area contributed by atoms with E-state index in [0.717, 1.165) is 11.3 Å². The summed E-state index contributed by atoms with van der Waals surface area (Å²) < 4.78 is 21.2. The summed E-state index contributed by atoms with van der Waals surface area (Å²) in [5.74, 6) is -0.960. The average Bonchev–Trinajstić information content (AvgIpc) is 3.04. The number of allylic oxidation sites excluding steroid dienone is 1. The fraction of sp³-hybridized carbons (Fsp3) is 0.174. The lowest BCUT2D eigenvalue weighted by Gasteiger charge is -2.24. The SMILES string of the molecule is CCOC(=O)C1=C(C)N=c2s/c(=C\c3ccccc3F)c(=O)n2[C@H]1c1ccc(Cl)cc1. The molecule has 1 aliphatic heterocycles. The molecule has 0 aliphatic carbocycles. The van der Waals surface area contributed by atoms with Gasteiger partial charge in [0.1, 0.15) is 5.82 Å². The molecule has 0 amide bonds. The number of thiazole rings is 1. The number of benzene rings is 2. The number of hydrogen-bond donors (Lipinski definition) is 0. The van der Waals surface area contributed by atoms with Crippen LogP contribution in [0, 0.1) is 5.82 Å². The number of hydrogen-bond acceptors (Lipinski definition) is 5. The zero-order valence-corrected chi connectivity index (χ0v) is 18.3. The summed E-state index contributed by atoms with van der Waals surface area (Å²) in [4.78, 5) is 31.1. The molecule has 1 aromatic heterocycles. The van der Waals surface area contributed by atoms with Crippen LogP contribution in [0.25, 0.3) is 6.08 Å². The average molecular weight is 457 g/mol. The molecule has 1 atom stereocenters. The van der Waals surface area contributed by atoms with E-state index in [1.54, 1.807) is 56.3 Å². The summed E-state index contributed by atoms with van der Waals surface area (Å²) in [6, 6.07) is 12.4. The van der Waals surface area contributed by atoms with Gasteiger partial charge < -0.3 is 4.74 Å². The highest BCUT2D eigenvalue weighted by Crippen LogP contribution is 2.31. The Kier molecular flexibility index (Phi) is 5.89. The van der Waals surface area contributed by atoms with Gasteiger partial charge in [-0.3, -0.25) is 9.36 Å². The first-order chi connectivity index (χ1) is 14.9. The lowest BCUT2D eigenvalue weighted by atomic mass is 9.96. The zero-order valence-electron chi connectivity index (χ0n) is 16.8. The molecule has 2 aromatic carbocycles. The van der Waals surface area contributed by atoms with Crippen molar-refractivity contribution in [2.75, 3.05) is 6.61 Å². The van der Waals surface area contributed by atoms with Crippen LogP contribution in [0.4, 0.5) is 4.39 Å². The van der Waals surface area contributed by atoms with Gasteiger partial charge in [-0.25, -0.2) is 14.2 Å². The zero-order chi connectivity index (χ0) is 22.1. The molecule has 0 saturated carbocycles. The smallest absolute Gasteiger partial charge is 0.338 e. The molecule has 31 heavy (non-hydrogen) atoms. The van der Waals surface area contributed by atoms with Gasteiger partial charge in [0, 0.05) is 10.6 Å². The standard InChI is InChI=1S/C23H18ClFN2O3S/c1-3-30-22(29)19-13(2)26-23-27(20(19)14-8-10-16(24)11-9-14)21(28)18(31-23)12-15-6-4-5-7-17(15)25/h4-12,20H,3H2,1-2H3/b18-12-/t20-/m0/s1. The van der Waals surface area contributed by atoms with Crippen molar-refractivity contribution in [3.63, 3.8) is 0 Å². The fourth-order valence-corrected chi connectivity index (χ4v) is 4.65. The van der Waals surface area contributed by atoms with E-state index in [-0.39, 0.29) is 17.7 Å². The highest BCUT2D eigenvalue weighted by Gasteiger charge is 2.33. The van der Waals surface area contributed by atoms with Crippen LogP contribution in [0.3, 0.4) is 0 Å². The molecule has 4 rings (SSSR count). The van der Waals surface area contributed by atoms with Gasteiger partial charge in [0.2, 0.25) is 0 Å². The predicted octanol–water partition coefficient (Wildman–Crippen LogP) is 3.59. The molecular weight excluding hydrogens is 439 g/mol. The quantitative estimate of drug-likeness (QED) is 0.564. The molecular formula is C23H18ClFN2O3S. The molecule has 158 valence electrons. The molecule has 0 saturated heterocycles. The van der Waals surface area contributed by atoms with E-state index < -0.39 is 17.8 Å². The van der Waals surface area contributed by atoms with Gasteiger partial charge in [-0.1, -0.05) is 53.3 Å². The second-order valence-electron chi connectivity index (χ2n) is 6.88. The van der Waals surface area contributed by atoms with Crippen molar-refractivity contribution < 1.29 is 13.9 Å². The van der Waals surface area contributed by atoms with E-state index >= 15 is 0 Å². The van der Waals surface area contributed by atoms with Crippen molar-refractivity contribution in [1.82, 2.24) is 4.57 Å². The van der Waals surface area contributed by atoms with Crippen molar-refractivity contribution in [2.45, 2.75) is 19.9 Å². The molecule has 1 aliphatic rings. The topological polar surface area (TPSA) is 60.7 Å². The number of aromatic nitrogens is 1. The van der Waals surface area contributed by atoms with Crippen molar-refractivity contribution in [3.05, 3.63) is 101 Å². The molecule has 0 spiro atoms. The lowest BCUT2D eigenvalue weighted by Crippen LogP contribution is -2.39. The van der Waals surface area contributed by atoms with Gasteiger partial charge in [-0.2, -0.15) is 0 Å². The number of halogens is 2. The molecule has 0 unspecified atom stereocenters. The van der Waals surface area contributed by atoms with E-state index in [0.29, 0.717) is 31.2 Å². The second kappa shape index (κ2) is 8.61. The number of carbonyl (C=O) groups excluding carboxylic acids is 1. The van der Waals surface area contributed by atoms with Crippen molar-refractivity contribution in [2.24, 2.45) is 4.99 Å². The van der Waals surface area contributed by atoms with Gasteiger partial charge in [0.25, 0.3) is 5.56 Å². The Bertz CT molecular complexity index is 1370. The number of esters is 1. The maximum absolute atomic E-state index is 14.1. The Morgan fingerprint density at radius 2 is 1.97 bits per heavy atom. The first-order valence-electron chi connectivity index (χ1n) is 9.60. The number of carbonyl (C=O) groups is 1. The van der Waals surface area contributed by atoms with Crippen LogP contribution < -0.4 is 14.9 Å². The van der Waals surface area contributed by atoms with Gasteiger partial charge >= 0.3 is 5.97 Å². The maximum atomic E-state index is 14.1. The van der Waals surface area contributed by atoms with Crippen LogP contribution in [0.1, 0.15) is 31.0 Å². The summed E-state index contributed by atoms with van der Waals surface area (Å²) >= 11 is 7.19. The van der Waals surface area contributed by atoms with Gasteiger partial charge in [0.15, 0.2) is 4.80 Å². The number of ether oxygens (including phenoxy) is 1. The lowest BCUT2D eigenvalue weighted by molar-refractivity contribution is -0.139. The summed E-state index contributed by atoms with van der Waals surface area (Å²) in [6.07, 6.45) is 1.50. The highest BCUT2D eigenvalue weighted by atomic mass is 35.5. The fourth-order valence-electron chi connectivity index (χ4n) is 3.49. The third kappa shape index (κ3) is 3.98. The minimum atomic E-state index is -0.727. The predicted molar refractivity (Wildman–Crippen MR) is 118 cm³/mol. The van der Waals surface area contributed by atoms with Crippen LogP contribution in [-0.2, 0) is 9.53 Å². The van der Waals surface area contributed by atoms with Gasteiger partial charge in [-0.05, 0) is 43.7 Å². The summed E-state index contributed by atoms with van der Waals surface area (Å²) in [6.45, 7) is 3.62. The summed E-state index contributed by atoms with van der Waals surface area (Å²) in [5, 5.41) is 0.536. The molecule has 3 aromatic rings. The second-order valence-corrected chi connectivity index (χ2v) is 8.32. The van der Waals surface area contributed by atoms with Crippen LogP contribution in [0.2, 0.25) is 5.02 Å². The van der Waals surface area contributed by atoms with Gasteiger partial charge in [-0.15, -0.1) is 0 Å². The van der Waals surface area contributed by atoms with E-state index in [2.05, 4.69) is 4.99 Å². The number of rotatable bonds is 4. The molecule has 8 heteroatoms. The first-order valence-corrected chi connectivity index (χ1v) is 10.8. The van der Waals surface area contributed by atoms with Crippen molar-refractivity contribution in [3.8, 4) is 0 Å². The third-order valence-corrected chi connectivity index (χ3v) is 6.13. The normalized spacial score (nSPS) is 16.1. The van der Waals surface area contributed by atoms with Crippen molar-refractivity contribution in [1.29, 1.82) is 0 Å². The summed E-state index contributed by atoms with van der Waals surface area (Å²) in [7, 11) is 0. The minimum absolute atomic E-state index is 0.195. The minimum Gasteiger partial charge on any atom is -0.463 e. The van der Waals surface area contributed by atoms with Crippen LogP contribution >= 0.6 is 22.9 Å². The van der Waals surface area contributed by atoms with E-state index in [4.69, 9.17) is 16.3 Å². The Hall–Kier alpha value is -3.03. The van der Waals surface area contributed by atoms with Crippen LogP contribution in [0.15, 0.2) is 69.6 Å². The van der Waals surface area contributed by atoms with Gasteiger partial charge in [0.05, 0.1) is 28.5 Å².